The Kier molecular flexibility index (Phi) is 3.70. The predicted octanol–water partition coefficient (Wildman–Crippen LogP) is 0.575. The molecule has 0 saturated carbocycles. The van der Waals surface area contributed by atoms with Crippen LogP contribution in [-0.2, 0) is 19.1 Å². The first-order chi connectivity index (χ1) is 7.32. The Morgan fingerprint density at radius 2 is 2.12 bits per heavy atom. The summed E-state index contributed by atoms with van der Waals surface area (Å²) in [5.41, 5.74) is -0.762. The molecule has 0 aromatic rings. The Labute approximate surface area is 95.7 Å². The van der Waals surface area contributed by atoms with E-state index in [1.54, 1.807) is 6.92 Å². The number of Topliss-reactive ketones (excluding diaryl/α,β-unsaturated/α-hetero) is 1. The second-order valence-electron chi connectivity index (χ2n) is 4.94. The molecule has 0 spiro atoms. The summed E-state index contributed by atoms with van der Waals surface area (Å²) in [4.78, 5) is 22.5. The van der Waals surface area contributed by atoms with Crippen LogP contribution >= 0.6 is 0 Å². The van der Waals surface area contributed by atoms with Gasteiger partial charge in [-0.2, -0.15) is 0 Å². The van der Waals surface area contributed by atoms with Crippen LogP contribution in [0.2, 0.25) is 0 Å². The van der Waals surface area contributed by atoms with Crippen LogP contribution in [0.1, 0.15) is 27.7 Å². The summed E-state index contributed by atoms with van der Waals surface area (Å²) in [6.07, 6.45) is 0. The Hall–Kier alpha value is -0.940. The Morgan fingerprint density at radius 1 is 1.50 bits per heavy atom. The highest BCUT2D eigenvalue weighted by atomic mass is 16.6. The average molecular weight is 229 g/mol. The molecular formula is C11H19NO4. The van der Waals surface area contributed by atoms with Gasteiger partial charge in [0.1, 0.15) is 5.60 Å². The Morgan fingerprint density at radius 3 is 2.25 bits per heavy atom. The van der Waals surface area contributed by atoms with Crippen LogP contribution in [0.3, 0.4) is 0 Å². The molecule has 5 nitrogen and oxygen atoms in total. The molecule has 16 heavy (non-hydrogen) atoms. The van der Waals surface area contributed by atoms with Gasteiger partial charge < -0.3 is 9.47 Å². The highest BCUT2D eigenvalue weighted by Gasteiger charge is 2.60. The van der Waals surface area contributed by atoms with E-state index in [1.165, 1.54) is 0 Å². The van der Waals surface area contributed by atoms with Gasteiger partial charge in [0.05, 0.1) is 13.2 Å². The second-order valence-corrected chi connectivity index (χ2v) is 4.94. The molecule has 5 heteroatoms. The van der Waals surface area contributed by atoms with E-state index in [-0.39, 0.29) is 11.4 Å². The third-order valence-corrected chi connectivity index (χ3v) is 2.47. The number of ketones is 1. The number of hydrogen-bond donors (Lipinski definition) is 0. The van der Waals surface area contributed by atoms with Gasteiger partial charge in [-0.3, -0.25) is 14.5 Å². The molecule has 0 aliphatic carbocycles. The lowest BCUT2D eigenvalue weighted by Gasteiger charge is -2.14. The number of nitrogens with zero attached hydrogens (tertiary/aromatic N) is 1. The molecule has 2 heterocycles. The SMILES string of the molecule is CC(=O)C12CN1CCO2.CC(C)(C)OC=O. The predicted molar refractivity (Wildman–Crippen MR) is 57.8 cm³/mol. The molecule has 2 unspecified atom stereocenters. The summed E-state index contributed by atoms with van der Waals surface area (Å²) in [6, 6.07) is 0. The van der Waals surface area contributed by atoms with E-state index in [0.717, 1.165) is 19.7 Å². The molecule has 2 fully saturated rings. The first-order valence-electron chi connectivity index (χ1n) is 5.33. The monoisotopic (exact) mass is 229 g/mol. The summed E-state index contributed by atoms with van der Waals surface area (Å²) in [7, 11) is 0. The zero-order chi connectivity index (χ0) is 12.4. The average Bonchev–Trinajstić information content (AvgIpc) is 2.69. The number of morpholine rings is 1. The lowest BCUT2D eigenvalue weighted by Crippen LogP contribution is -2.24. The standard InChI is InChI=1S/C6H9NO2.C5H10O2/c1-5(8)6-4-7(6)2-3-9-6;1-5(2,3)7-4-6/h2-4H2,1H3;4H,1-3H3. The zero-order valence-corrected chi connectivity index (χ0v) is 10.3. The quantitative estimate of drug-likeness (QED) is 0.512. The molecule has 2 aliphatic heterocycles. The van der Waals surface area contributed by atoms with Gasteiger partial charge in [-0.25, -0.2) is 0 Å². The van der Waals surface area contributed by atoms with Gasteiger partial charge in [0.2, 0.25) is 0 Å². The fourth-order valence-corrected chi connectivity index (χ4v) is 1.52. The number of fused-ring (bicyclic) bond motifs is 1. The second kappa shape index (κ2) is 4.51. The summed E-state index contributed by atoms with van der Waals surface area (Å²) < 4.78 is 9.80. The maximum Gasteiger partial charge on any atom is 0.293 e. The number of hydrogen-bond acceptors (Lipinski definition) is 5. The van der Waals surface area contributed by atoms with Crippen molar-refractivity contribution in [2.75, 3.05) is 19.7 Å². The van der Waals surface area contributed by atoms with Gasteiger partial charge in [0.15, 0.2) is 11.5 Å². The molecule has 2 rings (SSSR count). The zero-order valence-electron chi connectivity index (χ0n) is 10.3. The summed E-state index contributed by atoms with van der Waals surface area (Å²) >= 11 is 0. The molecule has 0 radical (unpaired) electrons. The van der Waals surface area contributed by atoms with E-state index in [2.05, 4.69) is 9.64 Å². The van der Waals surface area contributed by atoms with Crippen LogP contribution in [0.25, 0.3) is 0 Å². The summed E-state index contributed by atoms with van der Waals surface area (Å²) in [5, 5.41) is 0. The third kappa shape index (κ3) is 3.02. The van der Waals surface area contributed by atoms with Crippen LogP contribution < -0.4 is 0 Å². The highest BCUT2D eigenvalue weighted by Crippen LogP contribution is 2.38. The molecule has 0 N–H and O–H groups in total. The van der Waals surface area contributed by atoms with E-state index in [9.17, 15) is 9.59 Å². The molecule has 2 saturated heterocycles. The normalized spacial score (nSPS) is 30.9. The van der Waals surface area contributed by atoms with Crippen molar-refractivity contribution < 1.29 is 19.1 Å². The minimum absolute atomic E-state index is 0.153. The fourth-order valence-electron chi connectivity index (χ4n) is 1.52. The Balaban J connectivity index is 0.000000168. The smallest absolute Gasteiger partial charge is 0.293 e. The van der Waals surface area contributed by atoms with E-state index in [4.69, 9.17) is 4.74 Å². The summed E-state index contributed by atoms with van der Waals surface area (Å²) in [5.74, 6) is 0.153. The van der Waals surface area contributed by atoms with Crippen LogP contribution in [-0.4, -0.2) is 48.2 Å². The van der Waals surface area contributed by atoms with Crippen LogP contribution in [0.15, 0.2) is 0 Å². The third-order valence-electron chi connectivity index (χ3n) is 2.47. The van der Waals surface area contributed by atoms with Crippen molar-refractivity contribution in [3.63, 3.8) is 0 Å². The van der Waals surface area contributed by atoms with E-state index in [1.807, 2.05) is 20.8 Å². The van der Waals surface area contributed by atoms with Crippen molar-refractivity contribution in [3.05, 3.63) is 0 Å². The molecule has 0 amide bonds. The fraction of sp³-hybridized carbons (Fsp3) is 0.818. The van der Waals surface area contributed by atoms with E-state index < -0.39 is 5.72 Å². The molecule has 2 aliphatic rings. The number of carbonyl (C=O) groups is 2. The molecule has 0 aromatic carbocycles. The number of ether oxygens (including phenoxy) is 2. The Bertz CT molecular complexity index is 284. The number of rotatable bonds is 2. The van der Waals surface area contributed by atoms with Gasteiger partial charge in [0, 0.05) is 6.54 Å². The maximum absolute atomic E-state index is 10.8. The largest absolute Gasteiger partial charge is 0.462 e. The maximum atomic E-state index is 10.8. The van der Waals surface area contributed by atoms with Gasteiger partial charge in [-0.15, -0.1) is 0 Å². The first kappa shape index (κ1) is 13.1. The highest BCUT2D eigenvalue weighted by molar-refractivity contribution is 5.88. The first-order valence-corrected chi connectivity index (χ1v) is 5.33. The van der Waals surface area contributed by atoms with Crippen LogP contribution in [0, 0.1) is 0 Å². The van der Waals surface area contributed by atoms with Crippen molar-refractivity contribution >= 4 is 12.3 Å². The lowest BCUT2D eigenvalue weighted by atomic mass is 10.2. The van der Waals surface area contributed by atoms with Gasteiger partial charge in [-0.05, 0) is 27.7 Å². The van der Waals surface area contributed by atoms with Crippen molar-refractivity contribution in [2.24, 2.45) is 0 Å². The van der Waals surface area contributed by atoms with Crippen molar-refractivity contribution in [1.29, 1.82) is 0 Å². The molecular weight excluding hydrogens is 210 g/mol. The topological polar surface area (TPSA) is 55.6 Å². The van der Waals surface area contributed by atoms with Crippen LogP contribution in [0.4, 0.5) is 0 Å². The van der Waals surface area contributed by atoms with Crippen molar-refractivity contribution in [3.8, 4) is 0 Å². The van der Waals surface area contributed by atoms with Gasteiger partial charge >= 0.3 is 0 Å². The molecule has 0 bridgehead atoms. The van der Waals surface area contributed by atoms with E-state index >= 15 is 0 Å². The molecule has 2 atom stereocenters. The molecule has 0 aromatic heterocycles. The molecule has 92 valence electrons. The van der Waals surface area contributed by atoms with Crippen molar-refractivity contribution in [1.82, 2.24) is 4.90 Å². The van der Waals surface area contributed by atoms with Crippen LogP contribution in [0.5, 0.6) is 0 Å². The van der Waals surface area contributed by atoms with Gasteiger partial charge in [-0.1, -0.05) is 0 Å². The minimum Gasteiger partial charge on any atom is -0.462 e. The summed E-state index contributed by atoms with van der Waals surface area (Å²) in [6.45, 7) is 9.98. The van der Waals surface area contributed by atoms with Crippen molar-refractivity contribution in [2.45, 2.75) is 39.0 Å². The lowest BCUT2D eigenvalue weighted by molar-refractivity contribution is -0.138. The number of carbonyl (C=O) groups excluding carboxylic acids is 2. The van der Waals surface area contributed by atoms with Gasteiger partial charge in [0.25, 0.3) is 6.47 Å². The minimum atomic E-state index is -0.444. The van der Waals surface area contributed by atoms with E-state index in [0.29, 0.717) is 6.47 Å².